The third-order valence-electron chi connectivity index (χ3n) is 5.11. The van der Waals surface area contributed by atoms with Gasteiger partial charge in [-0.05, 0) is 12.0 Å². The van der Waals surface area contributed by atoms with Gasteiger partial charge in [-0.2, -0.15) is 35.4 Å². The summed E-state index contributed by atoms with van der Waals surface area (Å²) in [5.74, 6) is 0.522. The maximum atomic E-state index is 3.82. The first-order chi connectivity index (χ1) is 14.5. The van der Waals surface area contributed by atoms with Gasteiger partial charge in [0.2, 0.25) is 0 Å². The van der Waals surface area contributed by atoms with Crippen molar-refractivity contribution in [2.75, 3.05) is 0 Å². The fraction of sp³-hybridized carbons (Fsp3) is 0.300. The molecular formula is C30H34Cl2Zr-2. The van der Waals surface area contributed by atoms with Crippen LogP contribution < -0.4 is 24.8 Å². The first kappa shape index (κ1) is 31.7. The topological polar surface area (TPSA) is 0 Å². The molecule has 1 atom stereocenters. The predicted molar refractivity (Wildman–Crippen MR) is 135 cm³/mol. The van der Waals surface area contributed by atoms with Crippen LogP contribution in [0.5, 0.6) is 0 Å². The van der Waals surface area contributed by atoms with E-state index >= 15 is 0 Å². The Kier molecular flexibility index (Phi) is 13.7. The maximum absolute atomic E-state index is 3.82. The van der Waals surface area contributed by atoms with Gasteiger partial charge in [0, 0.05) is 0 Å². The maximum Gasteiger partial charge on any atom is -1.00 e. The van der Waals surface area contributed by atoms with Gasteiger partial charge in [-0.25, -0.2) is 6.08 Å². The van der Waals surface area contributed by atoms with Crippen LogP contribution in [0.25, 0.3) is 23.3 Å². The monoisotopic (exact) mass is 554 g/mol. The second-order valence-electron chi connectivity index (χ2n) is 9.30. The summed E-state index contributed by atoms with van der Waals surface area (Å²) in [6, 6.07) is 14.1. The molecule has 2 aromatic carbocycles. The molecule has 0 saturated carbocycles. The standard InChI is InChI=1S/C17H13.C10H15.C3H6.2ClH.Zr/c1-3-12-5-7-14-11-15-8-6-13(4-2)10-17(15)16(14)9-12;1-8-5-6-9(7-8)10(2,3)4;1-3-2;;;/h3-7,9-10H,1-2,11H2;6-8H,1-4H3;1-2H3;2*1H;/q2*-1;;;;+2/p-2. The van der Waals surface area contributed by atoms with E-state index in [9.17, 15) is 0 Å². The molecule has 33 heavy (non-hydrogen) atoms. The zero-order chi connectivity index (χ0) is 23.2. The van der Waals surface area contributed by atoms with E-state index in [-0.39, 0.29) is 24.8 Å². The normalized spacial score (nSPS) is 14.5. The van der Waals surface area contributed by atoms with E-state index in [2.05, 4.69) is 103 Å². The number of rotatable bonds is 2. The molecule has 0 heterocycles. The van der Waals surface area contributed by atoms with Gasteiger partial charge in [-0.1, -0.05) is 81.0 Å². The Morgan fingerprint density at radius 1 is 1.03 bits per heavy atom. The Balaban J connectivity index is 0.000000552. The van der Waals surface area contributed by atoms with Gasteiger partial charge in [0.25, 0.3) is 0 Å². The quantitative estimate of drug-likeness (QED) is 0.424. The van der Waals surface area contributed by atoms with Crippen molar-refractivity contribution in [2.24, 2.45) is 11.3 Å². The molecule has 0 aliphatic heterocycles. The Morgan fingerprint density at radius 3 is 2.06 bits per heavy atom. The molecular weight excluding hydrogens is 522 g/mol. The minimum absolute atomic E-state index is 0. The average molecular weight is 557 g/mol. The van der Waals surface area contributed by atoms with Crippen LogP contribution in [0.4, 0.5) is 0 Å². The van der Waals surface area contributed by atoms with Crippen LogP contribution in [0.3, 0.4) is 0 Å². The van der Waals surface area contributed by atoms with Crippen molar-refractivity contribution < 1.29 is 49.0 Å². The Hall–Kier alpha value is -1.27. The van der Waals surface area contributed by atoms with Gasteiger partial charge in [0.15, 0.2) is 0 Å². The predicted octanol–water partition coefficient (Wildman–Crippen LogP) is 2.07. The van der Waals surface area contributed by atoms with Crippen LogP contribution in [0.15, 0.2) is 61.2 Å². The summed E-state index contributed by atoms with van der Waals surface area (Å²) < 4.78 is 1.51. The van der Waals surface area contributed by atoms with Crippen molar-refractivity contribution in [2.45, 2.75) is 48.0 Å². The molecule has 0 saturated heterocycles. The van der Waals surface area contributed by atoms with Crippen molar-refractivity contribution in [3.63, 3.8) is 0 Å². The SMILES string of the molecule is C=Cc1c[c-]c2c(c1)-c1cc(C=C)ccc1C2.CC1[C-]=CC(C(C)(C)C)=C1.C[C](C)=[Zr+2].[Cl-].[Cl-]. The molecule has 1 unspecified atom stereocenters. The first-order valence-electron chi connectivity index (χ1n) is 10.8. The molecule has 0 aromatic heterocycles. The largest absolute Gasteiger partial charge is 1.00 e. The smallest absolute Gasteiger partial charge is 1.00 e. The Labute approximate surface area is 229 Å². The number of fused-ring (bicyclic) bond motifs is 3. The Morgan fingerprint density at radius 2 is 1.61 bits per heavy atom. The van der Waals surface area contributed by atoms with E-state index in [1.807, 2.05) is 18.2 Å². The first-order valence-corrected chi connectivity index (χ1v) is 12.0. The summed E-state index contributed by atoms with van der Waals surface area (Å²) in [4.78, 5) is 0. The Bertz CT molecular complexity index is 976. The van der Waals surface area contributed by atoms with Gasteiger partial charge in [-0.3, -0.25) is 6.08 Å². The zero-order valence-corrected chi connectivity index (χ0v) is 24.6. The summed E-state index contributed by atoms with van der Waals surface area (Å²) in [7, 11) is 0. The minimum Gasteiger partial charge on any atom is -1.00 e. The van der Waals surface area contributed by atoms with Crippen LogP contribution in [-0.2, 0) is 30.7 Å². The number of allylic oxidation sites excluding steroid dienone is 4. The van der Waals surface area contributed by atoms with Gasteiger partial charge in [-0.15, -0.1) is 23.8 Å². The molecule has 0 N–H and O–H groups in total. The number of hydrogen-bond acceptors (Lipinski definition) is 0. The molecule has 2 aliphatic rings. The van der Waals surface area contributed by atoms with Crippen LogP contribution in [0, 0.1) is 23.5 Å². The molecule has 0 radical (unpaired) electrons. The average Bonchev–Trinajstić information content (AvgIpc) is 3.30. The molecule has 4 rings (SSSR count). The van der Waals surface area contributed by atoms with E-state index in [0.29, 0.717) is 11.3 Å². The van der Waals surface area contributed by atoms with E-state index in [0.717, 1.165) is 12.0 Å². The summed E-state index contributed by atoms with van der Waals surface area (Å²) in [6.45, 7) is 20.7. The van der Waals surface area contributed by atoms with Gasteiger partial charge in [0.1, 0.15) is 0 Å². The minimum atomic E-state index is 0. The van der Waals surface area contributed by atoms with Crippen molar-refractivity contribution in [3.8, 4) is 11.1 Å². The van der Waals surface area contributed by atoms with Gasteiger partial charge in [0.05, 0.1) is 0 Å². The number of benzene rings is 2. The van der Waals surface area contributed by atoms with Crippen LogP contribution >= 0.6 is 0 Å². The van der Waals surface area contributed by atoms with Crippen molar-refractivity contribution >= 4 is 15.4 Å². The third kappa shape index (κ3) is 9.48. The molecule has 0 bridgehead atoms. The summed E-state index contributed by atoms with van der Waals surface area (Å²) in [5, 5.41) is 0. The van der Waals surface area contributed by atoms with Crippen LogP contribution in [0.2, 0.25) is 0 Å². The van der Waals surface area contributed by atoms with Crippen molar-refractivity contribution in [1.29, 1.82) is 0 Å². The third-order valence-corrected chi connectivity index (χ3v) is 5.11. The second kappa shape index (κ2) is 14.2. The fourth-order valence-corrected chi connectivity index (χ4v) is 3.42. The molecule has 3 heteroatoms. The summed E-state index contributed by atoms with van der Waals surface area (Å²) >= 11 is 1.55. The van der Waals surface area contributed by atoms with Crippen molar-refractivity contribution in [3.05, 3.63) is 95.6 Å². The zero-order valence-electron chi connectivity index (χ0n) is 20.7. The summed E-state index contributed by atoms with van der Waals surface area (Å²) in [6.07, 6.45) is 12.4. The molecule has 2 aliphatic carbocycles. The van der Waals surface area contributed by atoms with E-state index in [1.165, 1.54) is 36.6 Å². The summed E-state index contributed by atoms with van der Waals surface area (Å²) in [5.41, 5.74) is 9.28. The van der Waals surface area contributed by atoms with Gasteiger partial charge >= 0.3 is 41.3 Å². The van der Waals surface area contributed by atoms with E-state index in [1.54, 1.807) is 24.2 Å². The van der Waals surface area contributed by atoms with Crippen LogP contribution in [0.1, 0.15) is 63.8 Å². The molecule has 174 valence electrons. The van der Waals surface area contributed by atoms with Gasteiger partial charge < -0.3 is 24.8 Å². The molecule has 0 spiro atoms. The van der Waals surface area contributed by atoms with E-state index < -0.39 is 0 Å². The molecule has 0 nitrogen and oxygen atoms in total. The second-order valence-corrected chi connectivity index (χ2v) is 11.8. The number of hydrogen-bond donors (Lipinski definition) is 0. The molecule has 0 fully saturated rings. The van der Waals surface area contributed by atoms with Crippen molar-refractivity contribution in [1.82, 2.24) is 0 Å². The molecule has 0 amide bonds. The number of halogens is 2. The van der Waals surface area contributed by atoms with E-state index in [4.69, 9.17) is 0 Å². The molecule has 2 aromatic rings. The fourth-order valence-electron chi connectivity index (χ4n) is 3.42. The van der Waals surface area contributed by atoms with Crippen LogP contribution in [-0.4, -0.2) is 3.21 Å².